The van der Waals surface area contributed by atoms with E-state index in [9.17, 15) is 18.0 Å². The molecule has 21 heavy (non-hydrogen) atoms. The van der Waals surface area contributed by atoms with Crippen LogP contribution in [0, 0.1) is 0 Å². The molecule has 1 aromatic carbocycles. The zero-order valence-corrected chi connectivity index (χ0v) is 12.8. The normalized spacial score (nSPS) is 11.8. The monoisotopic (exact) mass is 314 g/mol. The van der Waals surface area contributed by atoms with Crippen LogP contribution in [0.1, 0.15) is 24.2 Å². The molecular weight excluding hydrogens is 296 g/mol. The summed E-state index contributed by atoms with van der Waals surface area (Å²) in [7, 11) is -3.33. The molecule has 1 rings (SSSR count). The Balaban J connectivity index is 2.74. The van der Waals surface area contributed by atoms with Crippen molar-refractivity contribution < 1.29 is 23.1 Å². The van der Waals surface area contributed by atoms with Crippen molar-refractivity contribution in [3.8, 4) is 0 Å². The number of urea groups is 1. The fourth-order valence-electron chi connectivity index (χ4n) is 1.37. The van der Waals surface area contributed by atoms with E-state index in [0.717, 1.165) is 6.26 Å². The molecule has 0 saturated carbocycles. The summed E-state index contributed by atoms with van der Waals surface area (Å²) in [5, 5.41) is 13.8. The van der Waals surface area contributed by atoms with Gasteiger partial charge in [0.2, 0.25) is 0 Å². The summed E-state index contributed by atoms with van der Waals surface area (Å²) in [6.45, 7) is 2.90. The molecule has 3 N–H and O–H groups in total. The second-order valence-electron chi connectivity index (χ2n) is 5.19. The highest BCUT2D eigenvalue weighted by Gasteiger charge is 2.30. The number of sulfone groups is 1. The van der Waals surface area contributed by atoms with Gasteiger partial charge in [-0.1, -0.05) is 12.1 Å². The summed E-state index contributed by atoms with van der Waals surface area (Å²) in [5.74, 6) is -1.16. The minimum atomic E-state index is -3.33. The molecule has 1 aromatic rings. The minimum absolute atomic E-state index is 0.0463. The van der Waals surface area contributed by atoms with E-state index in [-0.39, 0.29) is 17.8 Å². The van der Waals surface area contributed by atoms with E-state index in [4.69, 9.17) is 5.11 Å². The molecule has 0 aliphatic heterocycles. The Morgan fingerprint density at radius 2 is 1.81 bits per heavy atom. The van der Waals surface area contributed by atoms with Crippen LogP contribution in [0.25, 0.3) is 0 Å². The van der Waals surface area contributed by atoms with Crippen molar-refractivity contribution in [2.75, 3.05) is 18.1 Å². The van der Waals surface area contributed by atoms with E-state index in [1.807, 2.05) is 0 Å². The fraction of sp³-hybridized carbons (Fsp3) is 0.385. The third kappa shape index (κ3) is 4.45. The number of amides is 2. The number of para-hydroxylation sites is 1. The molecule has 0 aliphatic rings. The molecule has 2 amide bonds. The predicted octanol–water partition coefficient (Wildman–Crippen LogP) is 1.33. The molecule has 0 atom stereocenters. The van der Waals surface area contributed by atoms with Gasteiger partial charge < -0.3 is 15.7 Å². The van der Waals surface area contributed by atoms with Crippen molar-refractivity contribution in [2.45, 2.75) is 18.6 Å². The Labute approximate surface area is 123 Å². The maximum Gasteiger partial charge on any atom is 0.337 e. The van der Waals surface area contributed by atoms with Crippen LogP contribution in [0.4, 0.5) is 10.5 Å². The van der Waals surface area contributed by atoms with Crippen LogP contribution in [0.15, 0.2) is 24.3 Å². The van der Waals surface area contributed by atoms with Crippen LogP contribution in [-0.2, 0) is 9.84 Å². The van der Waals surface area contributed by atoms with Gasteiger partial charge in [0.1, 0.15) is 0 Å². The minimum Gasteiger partial charge on any atom is -0.478 e. The van der Waals surface area contributed by atoms with Crippen molar-refractivity contribution in [3.05, 3.63) is 29.8 Å². The standard InChI is InChI=1S/C13H18N2O5S/c1-13(2,21(3,19)20)8-14-12(18)15-10-7-5-4-6-9(10)11(16)17/h4-7H,8H2,1-3H3,(H,16,17)(H2,14,15,18). The first-order valence-corrected chi connectivity index (χ1v) is 8.00. The molecule has 0 spiro atoms. The number of carboxylic acid groups (broad SMARTS) is 1. The largest absolute Gasteiger partial charge is 0.478 e. The van der Waals surface area contributed by atoms with Gasteiger partial charge >= 0.3 is 12.0 Å². The highest BCUT2D eigenvalue weighted by atomic mass is 32.2. The molecule has 116 valence electrons. The van der Waals surface area contributed by atoms with E-state index in [1.54, 1.807) is 12.1 Å². The van der Waals surface area contributed by atoms with E-state index in [0.29, 0.717) is 0 Å². The van der Waals surface area contributed by atoms with Crippen LogP contribution in [-0.4, -0.2) is 43.1 Å². The molecule has 0 radical (unpaired) electrons. The molecule has 0 unspecified atom stereocenters. The van der Waals surface area contributed by atoms with Crippen LogP contribution >= 0.6 is 0 Å². The Bertz CT molecular complexity index is 652. The van der Waals surface area contributed by atoms with Gasteiger partial charge in [0.05, 0.1) is 16.0 Å². The first-order chi connectivity index (χ1) is 9.54. The third-order valence-corrected chi connectivity index (χ3v) is 5.24. The van der Waals surface area contributed by atoms with Crippen LogP contribution in [0.2, 0.25) is 0 Å². The molecule has 0 aliphatic carbocycles. The quantitative estimate of drug-likeness (QED) is 0.759. The average Bonchev–Trinajstić information content (AvgIpc) is 2.35. The maximum absolute atomic E-state index is 11.8. The van der Waals surface area contributed by atoms with Crippen LogP contribution in [0.5, 0.6) is 0 Å². The molecule has 8 heteroatoms. The van der Waals surface area contributed by atoms with Gasteiger partial charge in [0.15, 0.2) is 9.84 Å². The van der Waals surface area contributed by atoms with Crippen molar-refractivity contribution >= 4 is 27.5 Å². The summed E-state index contributed by atoms with van der Waals surface area (Å²) in [6, 6.07) is 5.27. The van der Waals surface area contributed by atoms with E-state index in [1.165, 1.54) is 26.0 Å². The summed E-state index contributed by atoms with van der Waals surface area (Å²) in [6.07, 6.45) is 1.09. The molecule has 0 aromatic heterocycles. The van der Waals surface area contributed by atoms with E-state index >= 15 is 0 Å². The summed E-state index contributed by atoms with van der Waals surface area (Å²) in [5.41, 5.74) is 0.0923. The van der Waals surface area contributed by atoms with Crippen LogP contribution < -0.4 is 10.6 Å². The van der Waals surface area contributed by atoms with Gasteiger partial charge in [-0.15, -0.1) is 0 Å². The van der Waals surface area contributed by atoms with Crippen molar-refractivity contribution in [1.29, 1.82) is 0 Å². The highest BCUT2D eigenvalue weighted by Crippen LogP contribution is 2.16. The van der Waals surface area contributed by atoms with Gasteiger partial charge in [-0.05, 0) is 26.0 Å². The second-order valence-corrected chi connectivity index (χ2v) is 7.84. The molecule has 0 heterocycles. The zero-order valence-electron chi connectivity index (χ0n) is 12.0. The smallest absolute Gasteiger partial charge is 0.337 e. The van der Waals surface area contributed by atoms with Gasteiger partial charge in [-0.3, -0.25) is 0 Å². The SMILES string of the molecule is CC(C)(CNC(=O)Nc1ccccc1C(=O)O)S(C)(=O)=O. The number of hydrogen-bond acceptors (Lipinski definition) is 4. The number of carboxylic acids is 1. The zero-order chi connectivity index (χ0) is 16.3. The summed E-state index contributed by atoms with van der Waals surface area (Å²) < 4.78 is 21.9. The topological polar surface area (TPSA) is 113 Å². The average molecular weight is 314 g/mol. The lowest BCUT2D eigenvalue weighted by Crippen LogP contribution is -2.45. The maximum atomic E-state index is 11.8. The van der Waals surface area contributed by atoms with Crippen molar-refractivity contribution in [2.24, 2.45) is 0 Å². The number of rotatable bonds is 5. The van der Waals surface area contributed by atoms with Crippen molar-refractivity contribution in [1.82, 2.24) is 5.32 Å². The first-order valence-electron chi connectivity index (χ1n) is 6.11. The van der Waals surface area contributed by atoms with Gasteiger partial charge in [-0.2, -0.15) is 0 Å². The Morgan fingerprint density at radius 1 is 1.24 bits per heavy atom. The number of carbonyl (C=O) groups excluding carboxylic acids is 1. The summed E-state index contributed by atoms with van der Waals surface area (Å²) >= 11 is 0. The Hall–Kier alpha value is -2.09. The van der Waals surface area contributed by atoms with Crippen LogP contribution in [0.3, 0.4) is 0 Å². The molecular formula is C13H18N2O5S. The number of benzene rings is 1. The van der Waals surface area contributed by atoms with Crippen molar-refractivity contribution in [3.63, 3.8) is 0 Å². The third-order valence-electron chi connectivity index (χ3n) is 3.08. The summed E-state index contributed by atoms with van der Waals surface area (Å²) in [4.78, 5) is 22.8. The highest BCUT2D eigenvalue weighted by molar-refractivity contribution is 7.92. The molecule has 0 bridgehead atoms. The molecule has 7 nitrogen and oxygen atoms in total. The van der Waals surface area contributed by atoms with Gasteiger partial charge in [0.25, 0.3) is 0 Å². The Morgan fingerprint density at radius 3 is 2.33 bits per heavy atom. The number of anilines is 1. The van der Waals surface area contributed by atoms with Gasteiger partial charge in [0, 0.05) is 12.8 Å². The fourth-order valence-corrected chi connectivity index (χ4v) is 1.70. The lowest BCUT2D eigenvalue weighted by Gasteiger charge is -2.22. The molecule has 0 saturated heterocycles. The number of nitrogens with one attached hydrogen (secondary N) is 2. The number of hydrogen-bond donors (Lipinski definition) is 3. The van der Waals surface area contributed by atoms with Gasteiger partial charge in [-0.25, -0.2) is 18.0 Å². The number of aromatic carboxylic acids is 1. The Kier molecular flexibility index (Phi) is 4.95. The first kappa shape index (κ1) is 17.0. The lowest BCUT2D eigenvalue weighted by atomic mass is 10.2. The van der Waals surface area contributed by atoms with E-state index < -0.39 is 26.6 Å². The lowest BCUT2D eigenvalue weighted by molar-refractivity contribution is 0.0698. The predicted molar refractivity (Wildman–Crippen MR) is 79.3 cm³/mol. The molecule has 0 fully saturated rings. The second kappa shape index (κ2) is 6.13. The van der Waals surface area contributed by atoms with E-state index in [2.05, 4.69) is 10.6 Å². The number of carbonyl (C=O) groups is 2.